The number of hydrogen-bond acceptors (Lipinski definition) is 4. The van der Waals surface area contributed by atoms with E-state index in [-0.39, 0.29) is 23.3 Å². The lowest BCUT2D eigenvalue weighted by Crippen LogP contribution is -2.45. The first-order chi connectivity index (χ1) is 14.0. The summed E-state index contributed by atoms with van der Waals surface area (Å²) in [5.74, 6) is 0.445. The van der Waals surface area contributed by atoms with Crippen molar-refractivity contribution in [3.63, 3.8) is 0 Å². The number of nitrogens with one attached hydrogen (secondary N) is 1. The SMILES string of the molecule is CCc1ccccc1NC(=O)CC1CCCCN1S(=O)(=O)c1ccc(OC)cc1. The average Bonchev–Trinajstić information content (AvgIpc) is 2.74. The van der Waals surface area contributed by atoms with Crippen molar-refractivity contribution in [3.8, 4) is 5.75 Å². The van der Waals surface area contributed by atoms with Crippen LogP contribution in [0.25, 0.3) is 0 Å². The minimum Gasteiger partial charge on any atom is -0.497 e. The fraction of sp³-hybridized carbons (Fsp3) is 0.409. The van der Waals surface area contributed by atoms with Crippen LogP contribution in [0.2, 0.25) is 0 Å². The zero-order chi connectivity index (χ0) is 20.9. The number of sulfonamides is 1. The predicted octanol–water partition coefficient (Wildman–Crippen LogP) is 3.83. The molecule has 0 aromatic heterocycles. The van der Waals surface area contributed by atoms with Gasteiger partial charge in [0.05, 0.1) is 12.0 Å². The molecule has 0 spiro atoms. The van der Waals surface area contributed by atoms with Gasteiger partial charge in [-0.3, -0.25) is 4.79 Å². The van der Waals surface area contributed by atoms with Gasteiger partial charge in [0.2, 0.25) is 15.9 Å². The lowest BCUT2D eigenvalue weighted by molar-refractivity contribution is -0.117. The molecule has 0 bridgehead atoms. The van der Waals surface area contributed by atoms with Gasteiger partial charge >= 0.3 is 0 Å². The molecule has 0 radical (unpaired) electrons. The first-order valence-corrected chi connectivity index (χ1v) is 11.4. The average molecular weight is 417 g/mol. The molecule has 1 aliphatic heterocycles. The number of carbonyl (C=O) groups excluding carboxylic acids is 1. The second-order valence-corrected chi connectivity index (χ2v) is 9.09. The number of benzene rings is 2. The van der Waals surface area contributed by atoms with E-state index in [1.54, 1.807) is 31.4 Å². The van der Waals surface area contributed by atoms with Gasteiger partial charge < -0.3 is 10.1 Å². The van der Waals surface area contributed by atoms with Crippen LogP contribution in [0.4, 0.5) is 5.69 Å². The molecule has 3 rings (SSSR count). The maximum Gasteiger partial charge on any atom is 0.243 e. The smallest absolute Gasteiger partial charge is 0.243 e. The third kappa shape index (κ3) is 4.97. The Morgan fingerprint density at radius 1 is 1.14 bits per heavy atom. The molecule has 0 saturated carbocycles. The first-order valence-electron chi connectivity index (χ1n) is 9.99. The van der Waals surface area contributed by atoms with Gasteiger partial charge in [0.1, 0.15) is 5.75 Å². The van der Waals surface area contributed by atoms with E-state index in [4.69, 9.17) is 4.74 Å². The van der Waals surface area contributed by atoms with Crippen molar-refractivity contribution in [2.24, 2.45) is 0 Å². The molecule has 1 aliphatic rings. The molecule has 1 amide bonds. The molecule has 1 N–H and O–H groups in total. The number of para-hydroxylation sites is 1. The standard InChI is InChI=1S/C22H28N2O4S/c1-3-17-8-4-5-10-21(17)23-22(25)16-18-9-6-7-15-24(18)29(26,27)20-13-11-19(28-2)12-14-20/h4-5,8,10-14,18H,3,6-7,9,15-16H2,1-2H3,(H,23,25). The number of piperidine rings is 1. The van der Waals surface area contributed by atoms with E-state index < -0.39 is 10.0 Å². The normalized spacial score (nSPS) is 17.7. The lowest BCUT2D eigenvalue weighted by atomic mass is 10.0. The van der Waals surface area contributed by atoms with Crippen LogP contribution in [0.1, 0.15) is 38.2 Å². The molecule has 29 heavy (non-hydrogen) atoms. The van der Waals surface area contributed by atoms with E-state index in [9.17, 15) is 13.2 Å². The largest absolute Gasteiger partial charge is 0.497 e. The highest BCUT2D eigenvalue weighted by atomic mass is 32.2. The zero-order valence-corrected chi connectivity index (χ0v) is 17.7. The summed E-state index contributed by atoms with van der Waals surface area (Å²) < 4.78 is 33.0. The molecule has 2 aromatic carbocycles. The number of aryl methyl sites for hydroxylation is 1. The second-order valence-electron chi connectivity index (χ2n) is 7.20. The Bertz CT molecular complexity index is 942. The van der Waals surface area contributed by atoms with Crippen LogP contribution < -0.4 is 10.1 Å². The van der Waals surface area contributed by atoms with Crippen LogP contribution in [0.5, 0.6) is 5.75 Å². The van der Waals surface area contributed by atoms with Crippen LogP contribution in [0, 0.1) is 0 Å². The minimum atomic E-state index is -3.67. The molecule has 1 unspecified atom stereocenters. The highest BCUT2D eigenvalue weighted by Crippen LogP contribution is 2.28. The molecule has 1 fully saturated rings. The third-order valence-corrected chi connectivity index (χ3v) is 7.30. The van der Waals surface area contributed by atoms with Gasteiger partial charge in [0, 0.05) is 24.7 Å². The zero-order valence-electron chi connectivity index (χ0n) is 16.9. The predicted molar refractivity (Wildman–Crippen MR) is 114 cm³/mol. The molecule has 2 aromatic rings. The molecule has 0 aliphatic carbocycles. The van der Waals surface area contributed by atoms with Crippen LogP contribution in [-0.2, 0) is 21.2 Å². The van der Waals surface area contributed by atoms with Crippen molar-refractivity contribution in [2.45, 2.75) is 50.0 Å². The van der Waals surface area contributed by atoms with Crippen molar-refractivity contribution in [1.29, 1.82) is 0 Å². The van der Waals surface area contributed by atoms with E-state index in [1.807, 2.05) is 31.2 Å². The van der Waals surface area contributed by atoms with Crippen molar-refractivity contribution in [3.05, 3.63) is 54.1 Å². The number of rotatable bonds is 7. The maximum atomic E-state index is 13.2. The van der Waals surface area contributed by atoms with Crippen molar-refractivity contribution >= 4 is 21.6 Å². The molecular formula is C22H28N2O4S. The number of nitrogens with zero attached hydrogens (tertiary/aromatic N) is 1. The molecule has 156 valence electrons. The Balaban J connectivity index is 1.75. The summed E-state index contributed by atoms with van der Waals surface area (Å²) >= 11 is 0. The van der Waals surface area contributed by atoms with E-state index in [0.29, 0.717) is 18.7 Å². The Hall–Kier alpha value is -2.38. The number of ether oxygens (including phenoxy) is 1. The van der Waals surface area contributed by atoms with Crippen molar-refractivity contribution < 1.29 is 17.9 Å². The summed E-state index contributed by atoms with van der Waals surface area (Å²) in [4.78, 5) is 12.9. The number of anilines is 1. The Kier molecular flexibility index (Phi) is 6.92. The molecule has 1 heterocycles. The number of methoxy groups -OCH3 is 1. The fourth-order valence-corrected chi connectivity index (χ4v) is 5.44. The van der Waals surface area contributed by atoms with Crippen LogP contribution in [0.15, 0.2) is 53.4 Å². The summed E-state index contributed by atoms with van der Waals surface area (Å²) in [6.07, 6.45) is 3.35. The van der Waals surface area contributed by atoms with Gasteiger partial charge in [-0.2, -0.15) is 4.31 Å². The summed E-state index contributed by atoms with van der Waals surface area (Å²) in [5, 5.41) is 2.96. The lowest BCUT2D eigenvalue weighted by Gasteiger charge is -2.34. The maximum absolute atomic E-state index is 13.2. The summed E-state index contributed by atoms with van der Waals surface area (Å²) in [6, 6.07) is 13.7. The van der Waals surface area contributed by atoms with Crippen molar-refractivity contribution in [2.75, 3.05) is 19.0 Å². The highest BCUT2D eigenvalue weighted by Gasteiger charge is 2.34. The Labute approximate surface area is 172 Å². The quantitative estimate of drug-likeness (QED) is 0.744. The van der Waals surface area contributed by atoms with E-state index >= 15 is 0 Å². The van der Waals surface area contributed by atoms with Gasteiger partial charge in [-0.1, -0.05) is 31.5 Å². The van der Waals surface area contributed by atoms with Crippen LogP contribution >= 0.6 is 0 Å². The molecule has 1 atom stereocenters. The van der Waals surface area contributed by atoms with Gasteiger partial charge in [-0.05, 0) is 55.2 Å². The van der Waals surface area contributed by atoms with E-state index in [1.165, 1.54) is 4.31 Å². The van der Waals surface area contributed by atoms with Gasteiger partial charge in [-0.15, -0.1) is 0 Å². The number of carbonyl (C=O) groups is 1. The second kappa shape index (κ2) is 9.41. The van der Waals surface area contributed by atoms with E-state index in [0.717, 1.165) is 30.5 Å². The summed E-state index contributed by atoms with van der Waals surface area (Å²) in [6.45, 7) is 2.47. The van der Waals surface area contributed by atoms with Gasteiger partial charge in [0.15, 0.2) is 0 Å². The number of hydrogen-bond donors (Lipinski definition) is 1. The summed E-state index contributed by atoms with van der Waals surface area (Å²) in [5.41, 5.74) is 1.85. The first kappa shape index (κ1) is 21.3. The Morgan fingerprint density at radius 2 is 1.86 bits per heavy atom. The van der Waals surface area contributed by atoms with Crippen LogP contribution in [-0.4, -0.2) is 38.3 Å². The minimum absolute atomic E-state index is 0.146. The van der Waals surface area contributed by atoms with Crippen molar-refractivity contribution in [1.82, 2.24) is 4.31 Å². The molecule has 6 nitrogen and oxygen atoms in total. The highest BCUT2D eigenvalue weighted by molar-refractivity contribution is 7.89. The monoisotopic (exact) mass is 416 g/mol. The fourth-order valence-electron chi connectivity index (χ4n) is 3.74. The van der Waals surface area contributed by atoms with Crippen LogP contribution in [0.3, 0.4) is 0 Å². The van der Waals surface area contributed by atoms with E-state index in [2.05, 4.69) is 5.32 Å². The molecule has 1 saturated heterocycles. The van der Waals surface area contributed by atoms with Gasteiger partial charge in [-0.25, -0.2) is 8.42 Å². The third-order valence-electron chi connectivity index (χ3n) is 5.33. The van der Waals surface area contributed by atoms with Gasteiger partial charge in [0.25, 0.3) is 0 Å². The molecular weight excluding hydrogens is 388 g/mol. The number of amides is 1. The summed E-state index contributed by atoms with van der Waals surface area (Å²) in [7, 11) is -2.13. The Morgan fingerprint density at radius 3 is 2.55 bits per heavy atom. The topological polar surface area (TPSA) is 75.7 Å². The molecule has 7 heteroatoms.